The van der Waals surface area contributed by atoms with Gasteiger partial charge in [0.05, 0.1) is 13.3 Å². The SMILES string of the molecule is COCCCNc1nncc(NCCc2cccc(OC)c2)n1. The van der Waals surface area contributed by atoms with Crippen LogP contribution < -0.4 is 15.4 Å². The molecular formula is C16H23N5O2. The summed E-state index contributed by atoms with van der Waals surface area (Å²) in [5.41, 5.74) is 1.21. The number of nitrogens with zero attached hydrogens (tertiary/aromatic N) is 3. The summed E-state index contributed by atoms with van der Waals surface area (Å²) in [6.07, 6.45) is 3.39. The van der Waals surface area contributed by atoms with Crippen LogP contribution in [-0.4, -0.2) is 49.1 Å². The number of hydrogen-bond donors (Lipinski definition) is 2. The maximum Gasteiger partial charge on any atom is 0.244 e. The lowest BCUT2D eigenvalue weighted by Crippen LogP contribution is -2.11. The number of methoxy groups -OCH3 is 2. The van der Waals surface area contributed by atoms with Gasteiger partial charge >= 0.3 is 0 Å². The van der Waals surface area contributed by atoms with Crippen molar-refractivity contribution in [1.29, 1.82) is 0 Å². The van der Waals surface area contributed by atoms with E-state index >= 15 is 0 Å². The van der Waals surface area contributed by atoms with Gasteiger partial charge in [0.15, 0.2) is 5.82 Å². The molecule has 23 heavy (non-hydrogen) atoms. The van der Waals surface area contributed by atoms with Gasteiger partial charge in [-0.2, -0.15) is 10.1 Å². The molecule has 0 spiro atoms. The number of hydrogen-bond acceptors (Lipinski definition) is 7. The molecule has 1 aromatic carbocycles. The van der Waals surface area contributed by atoms with Crippen molar-refractivity contribution in [2.75, 3.05) is 44.5 Å². The lowest BCUT2D eigenvalue weighted by molar-refractivity contribution is 0.197. The van der Waals surface area contributed by atoms with E-state index in [0.717, 1.165) is 31.7 Å². The molecular weight excluding hydrogens is 294 g/mol. The van der Waals surface area contributed by atoms with Crippen molar-refractivity contribution >= 4 is 11.8 Å². The minimum absolute atomic E-state index is 0.521. The van der Waals surface area contributed by atoms with Crippen LogP contribution in [0.5, 0.6) is 5.75 Å². The van der Waals surface area contributed by atoms with Crippen LogP contribution in [0.3, 0.4) is 0 Å². The van der Waals surface area contributed by atoms with Crippen LogP contribution >= 0.6 is 0 Å². The van der Waals surface area contributed by atoms with Gasteiger partial charge in [-0.1, -0.05) is 12.1 Å². The largest absolute Gasteiger partial charge is 0.497 e. The highest BCUT2D eigenvalue weighted by Crippen LogP contribution is 2.13. The van der Waals surface area contributed by atoms with Crippen molar-refractivity contribution in [2.45, 2.75) is 12.8 Å². The average Bonchev–Trinajstić information content (AvgIpc) is 2.59. The second kappa shape index (κ2) is 9.58. The van der Waals surface area contributed by atoms with Crippen LogP contribution in [-0.2, 0) is 11.2 Å². The summed E-state index contributed by atoms with van der Waals surface area (Å²) in [6, 6.07) is 8.03. The Balaban J connectivity index is 1.78. The van der Waals surface area contributed by atoms with Crippen molar-refractivity contribution in [3.05, 3.63) is 36.0 Å². The summed E-state index contributed by atoms with van der Waals surface area (Å²) in [6.45, 7) is 2.22. The van der Waals surface area contributed by atoms with E-state index in [4.69, 9.17) is 9.47 Å². The second-order valence-electron chi connectivity index (χ2n) is 4.97. The average molecular weight is 317 g/mol. The predicted molar refractivity (Wildman–Crippen MR) is 90.0 cm³/mol. The molecule has 2 rings (SSSR count). The third-order valence-corrected chi connectivity index (χ3v) is 3.22. The van der Waals surface area contributed by atoms with Gasteiger partial charge in [-0.3, -0.25) is 0 Å². The first kappa shape index (κ1) is 17.0. The molecule has 0 aliphatic heterocycles. The minimum Gasteiger partial charge on any atom is -0.497 e. The first-order valence-corrected chi connectivity index (χ1v) is 7.61. The molecule has 0 bridgehead atoms. The van der Waals surface area contributed by atoms with Gasteiger partial charge in [0.25, 0.3) is 0 Å². The highest BCUT2D eigenvalue weighted by atomic mass is 16.5. The highest BCUT2D eigenvalue weighted by molar-refractivity contribution is 5.37. The van der Waals surface area contributed by atoms with Crippen molar-refractivity contribution in [3.63, 3.8) is 0 Å². The number of rotatable bonds is 10. The van der Waals surface area contributed by atoms with E-state index in [0.29, 0.717) is 18.4 Å². The third kappa shape index (κ3) is 6.07. The van der Waals surface area contributed by atoms with Crippen LogP contribution in [0.2, 0.25) is 0 Å². The molecule has 7 nitrogen and oxygen atoms in total. The zero-order valence-corrected chi connectivity index (χ0v) is 13.6. The molecule has 0 aliphatic rings. The Labute approximate surface area is 136 Å². The molecule has 0 radical (unpaired) electrons. The van der Waals surface area contributed by atoms with Gasteiger partial charge in [0, 0.05) is 26.8 Å². The summed E-state index contributed by atoms with van der Waals surface area (Å²) < 4.78 is 10.2. The monoisotopic (exact) mass is 317 g/mol. The zero-order valence-electron chi connectivity index (χ0n) is 13.6. The fourth-order valence-corrected chi connectivity index (χ4v) is 2.04. The lowest BCUT2D eigenvalue weighted by Gasteiger charge is -2.08. The van der Waals surface area contributed by atoms with Crippen LogP contribution in [0, 0.1) is 0 Å². The van der Waals surface area contributed by atoms with Crippen LogP contribution in [0.15, 0.2) is 30.5 Å². The normalized spacial score (nSPS) is 10.3. The van der Waals surface area contributed by atoms with E-state index in [1.807, 2.05) is 18.2 Å². The highest BCUT2D eigenvalue weighted by Gasteiger charge is 2.01. The molecule has 1 heterocycles. The number of anilines is 2. The molecule has 0 aliphatic carbocycles. The second-order valence-corrected chi connectivity index (χ2v) is 4.97. The fourth-order valence-electron chi connectivity index (χ4n) is 2.04. The number of aromatic nitrogens is 3. The van der Waals surface area contributed by atoms with E-state index in [2.05, 4.69) is 31.9 Å². The van der Waals surface area contributed by atoms with Gasteiger partial charge in [-0.05, 0) is 30.5 Å². The Morgan fingerprint density at radius 3 is 2.87 bits per heavy atom. The molecule has 7 heteroatoms. The predicted octanol–water partition coefficient (Wildman–Crippen LogP) is 1.98. The minimum atomic E-state index is 0.521. The Hall–Kier alpha value is -2.41. The maximum absolute atomic E-state index is 5.22. The Morgan fingerprint density at radius 2 is 2.04 bits per heavy atom. The molecule has 0 fully saturated rings. The van der Waals surface area contributed by atoms with Crippen molar-refractivity contribution in [2.24, 2.45) is 0 Å². The summed E-state index contributed by atoms with van der Waals surface area (Å²) in [5, 5.41) is 14.3. The molecule has 0 unspecified atom stereocenters. The third-order valence-electron chi connectivity index (χ3n) is 3.22. The topological polar surface area (TPSA) is 81.2 Å². The molecule has 1 aromatic heterocycles. The first-order valence-electron chi connectivity index (χ1n) is 7.61. The zero-order chi connectivity index (χ0) is 16.3. The fraction of sp³-hybridized carbons (Fsp3) is 0.438. The molecule has 2 aromatic rings. The van der Waals surface area contributed by atoms with E-state index in [1.54, 1.807) is 20.4 Å². The quantitative estimate of drug-likeness (QED) is 0.648. The molecule has 0 amide bonds. The molecule has 0 saturated carbocycles. The summed E-state index contributed by atoms with van der Waals surface area (Å²) >= 11 is 0. The van der Waals surface area contributed by atoms with Gasteiger partial charge in [0.1, 0.15) is 5.75 Å². The van der Waals surface area contributed by atoms with E-state index in [9.17, 15) is 0 Å². The Kier molecular flexibility index (Phi) is 7.06. The number of benzene rings is 1. The van der Waals surface area contributed by atoms with Gasteiger partial charge in [0.2, 0.25) is 5.95 Å². The molecule has 0 atom stereocenters. The Morgan fingerprint density at radius 1 is 1.13 bits per heavy atom. The van der Waals surface area contributed by atoms with E-state index in [-0.39, 0.29) is 0 Å². The summed E-state index contributed by atoms with van der Waals surface area (Å²) in [7, 11) is 3.36. The van der Waals surface area contributed by atoms with E-state index < -0.39 is 0 Å². The molecule has 2 N–H and O–H groups in total. The summed E-state index contributed by atoms with van der Waals surface area (Å²) in [5.74, 6) is 2.10. The molecule has 124 valence electrons. The van der Waals surface area contributed by atoms with Gasteiger partial charge < -0.3 is 20.1 Å². The number of ether oxygens (including phenoxy) is 2. The van der Waals surface area contributed by atoms with Crippen molar-refractivity contribution < 1.29 is 9.47 Å². The number of nitrogens with one attached hydrogen (secondary N) is 2. The van der Waals surface area contributed by atoms with Gasteiger partial charge in [-0.25, -0.2) is 0 Å². The standard InChI is InChI=1S/C16H23N5O2/c1-22-10-4-8-18-16-20-15(12-19-21-16)17-9-7-13-5-3-6-14(11-13)23-2/h3,5-6,11-12H,4,7-10H2,1-2H3,(H2,17,18,20,21). The smallest absolute Gasteiger partial charge is 0.244 e. The van der Waals surface area contributed by atoms with Crippen molar-refractivity contribution in [1.82, 2.24) is 15.2 Å². The molecule has 0 saturated heterocycles. The maximum atomic E-state index is 5.22. The van der Waals surface area contributed by atoms with Crippen LogP contribution in [0.1, 0.15) is 12.0 Å². The van der Waals surface area contributed by atoms with Crippen LogP contribution in [0.4, 0.5) is 11.8 Å². The van der Waals surface area contributed by atoms with Crippen molar-refractivity contribution in [3.8, 4) is 5.75 Å². The first-order chi connectivity index (χ1) is 11.3. The van der Waals surface area contributed by atoms with E-state index in [1.165, 1.54) is 5.56 Å². The van der Waals surface area contributed by atoms with Gasteiger partial charge in [-0.15, -0.1) is 5.10 Å². The Bertz CT molecular complexity index is 594. The lowest BCUT2D eigenvalue weighted by atomic mass is 10.1. The van der Waals surface area contributed by atoms with Crippen LogP contribution in [0.25, 0.3) is 0 Å². The summed E-state index contributed by atoms with van der Waals surface area (Å²) in [4.78, 5) is 4.37.